The van der Waals surface area contributed by atoms with Crippen LogP contribution < -0.4 is 14.2 Å². The highest BCUT2D eigenvalue weighted by molar-refractivity contribution is 5.95. The maximum atomic E-state index is 12.7. The molecule has 0 radical (unpaired) electrons. The SMILES string of the molecule is COc1cc2c(c(OC)c1OC)[C@@H]1O[C@H](COC(=O)c3ccccc3)[C@@H](O)[C@H](O)[C@H]1OC2=O. The summed E-state index contributed by atoms with van der Waals surface area (Å²) >= 11 is 0. The van der Waals surface area contributed by atoms with Crippen molar-refractivity contribution in [3.05, 3.63) is 53.1 Å². The Morgan fingerprint density at radius 3 is 2.33 bits per heavy atom. The molecule has 2 heterocycles. The molecular weight excluding hydrogens is 436 g/mol. The number of carbonyl (C=O) groups excluding carboxylic acids is 2. The Morgan fingerprint density at radius 2 is 1.70 bits per heavy atom. The highest BCUT2D eigenvalue weighted by atomic mass is 16.6. The summed E-state index contributed by atoms with van der Waals surface area (Å²) < 4.78 is 32.9. The smallest absolute Gasteiger partial charge is 0.339 e. The normalized spacial score (nSPS) is 25.8. The molecule has 5 atom stereocenters. The maximum Gasteiger partial charge on any atom is 0.339 e. The number of carbonyl (C=O) groups is 2. The van der Waals surface area contributed by atoms with Crippen LogP contribution in [0.3, 0.4) is 0 Å². The number of benzene rings is 2. The summed E-state index contributed by atoms with van der Waals surface area (Å²) in [6.07, 6.45) is -6.31. The Hall–Kier alpha value is -3.34. The van der Waals surface area contributed by atoms with Crippen LogP contribution in [0.5, 0.6) is 17.2 Å². The molecule has 4 rings (SSSR count). The fourth-order valence-corrected chi connectivity index (χ4v) is 4.07. The monoisotopic (exact) mass is 460 g/mol. The van der Waals surface area contributed by atoms with Gasteiger partial charge in [0.1, 0.15) is 31.0 Å². The maximum absolute atomic E-state index is 12.7. The average Bonchev–Trinajstić information content (AvgIpc) is 2.84. The Labute approximate surface area is 189 Å². The molecule has 0 unspecified atom stereocenters. The van der Waals surface area contributed by atoms with E-state index in [1.165, 1.54) is 27.4 Å². The molecule has 0 amide bonds. The van der Waals surface area contributed by atoms with Gasteiger partial charge in [-0.1, -0.05) is 18.2 Å². The third-order valence-electron chi connectivity index (χ3n) is 5.69. The number of aliphatic hydroxyl groups is 2. The molecule has 2 aromatic carbocycles. The minimum absolute atomic E-state index is 0.106. The van der Waals surface area contributed by atoms with E-state index in [-0.39, 0.29) is 35.0 Å². The number of hydrogen-bond donors (Lipinski definition) is 2. The third-order valence-corrected chi connectivity index (χ3v) is 5.69. The van der Waals surface area contributed by atoms with Gasteiger partial charge in [0.2, 0.25) is 5.75 Å². The highest BCUT2D eigenvalue weighted by Gasteiger charge is 2.52. The van der Waals surface area contributed by atoms with E-state index in [1.807, 2.05) is 0 Å². The molecule has 1 saturated heterocycles. The second-order valence-corrected chi connectivity index (χ2v) is 7.52. The van der Waals surface area contributed by atoms with Gasteiger partial charge in [-0.15, -0.1) is 0 Å². The van der Waals surface area contributed by atoms with Crippen LogP contribution in [0.2, 0.25) is 0 Å². The number of hydrogen-bond acceptors (Lipinski definition) is 10. The first-order valence-electron chi connectivity index (χ1n) is 10.2. The van der Waals surface area contributed by atoms with E-state index in [9.17, 15) is 19.8 Å². The lowest BCUT2D eigenvalue weighted by Crippen LogP contribution is -2.58. The average molecular weight is 460 g/mol. The van der Waals surface area contributed by atoms with Gasteiger partial charge in [0.05, 0.1) is 32.5 Å². The molecule has 2 aliphatic heterocycles. The van der Waals surface area contributed by atoms with Gasteiger partial charge >= 0.3 is 11.9 Å². The predicted octanol–water partition coefficient (Wildman–Crippen LogP) is 1.27. The quantitative estimate of drug-likeness (QED) is 0.608. The summed E-state index contributed by atoms with van der Waals surface area (Å²) in [5.74, 6) is -0.712. The van der Waals surface area contributed by atoms with Gasteiger partial charge in [-0.2, -0.15) is 0 Å². The largest absolute Gasteiger partial charge is 0.493 e. The van der Waals surface area contributed by atoms with Gasteiger partial charge < -0.3 is 38.6 Å². The van der Waals surface area contributed by atoms with Crippen LogP contribution in [0.25, 0.3) is 0 Å². The van der Waals surface area contributed by atoms with Crippen molar-refractivity contribution in [2.45, 2.75) is 30.5 Å². The Bertz CT molecular complexity index is 1040. The Kier molecular flexibility index (Phi) is 6.41. The summed E-state index contributed by atoms with van der Waals surface area (Å²) in [6.45, 7) is -0.339. The van der Waals surface area contributed by atoms with E-state index in [1.54, 1.807) is 30.3 Å². The molecule has 0 saturated carbocycles. The van der Waals surface area contributed by atoms with Crippen LogP contribution in [0.4, 0.5) is 0 Å². The topological polar surface area (TPSA) is 130 Å². The fraction of sp³-hybridized carbons (Fsp3) is 0.391. The van der Waals surface area contributed by atoms with Gasteiger partial charge in [0.25, 0.3) is 0 Å². The lowest BCUT2D eigenvalue weighted by atomic mass is 9.86. The summed E-state index contributed by atoms with van der Waals surface area (Å²) in [4.78, 5) is 25.0. The lowest BCUT2D eigenvalue weighted by molar-refractivity contribution is -0.235. The molecule has 1 fully saturated rings. The number of ether oxygens (including phenoxy) is 6. The zero-order chi connectivity index (χ0) is 23.7. The van der Waals surface area contributed by atoms with Crippen LogP contribution in [-0.2, 0) is 14.2 Å². The van der Waals surface area contributed by atoms with E-state index in [2.05, 4.69) is 0 Å². The molecule has 10 nitrogen and oxygen atoms in total. The zero-order valence-electron chi connectivity index (χ0n) is 18.2. The van der Waals surface area contributed by atoms with E-state index >= 15 is 0 Å². The van der Waals surface area contributed by atoms with Gasteiger partial charge in [-0.3, -0.25) is 0 Å². The molecule has 2 aliphatic rings. The van der Waals surface area contributed by atoms with Gasteiger partial charge in [-0.25, -0.2) is 9.59 Å². The fourth-order valence-electron chi connectivity index (χ4n) is 4.07. The van der Waals surface area contributed by atoms with Crippen molar-refractivity contribution in [1.82, 2.24) is 0 Å². The number of esters is 2. The number of fused-ring (bicyclic) bond motifs is 3. The Morgan fingerprint density at radius 1 is 1.00 bits per heavy atom. The highest BCUT2D eigenvalue weighted by Crippen LogP contribution is 2.50. The van der Waals surface area contributed by atoms with Crippen LogP contribution in [0, 0.1) is 0 Å². The van der Waals surface area contributed by atoms with Crippen molar-refractivity contribution in [1.29, 1.82) is 0 Å². The molecule has 0 aliphatic carbocycles. The van der Waals surface area contributed by atoms with Crippen LogP contribution in [0.1, 0.15) is 32.4 Å². The van der Waals surface area contributed by atoms with Crippen LogP contribution in [0.15, 0.2) is 36.4 Å². The van der Waals surface area contributed by atoms with Gasteiger partial charge in [0.15, 0.2) is 17.6 Å². The summed E-state index contributed by atoms with van der Waals surface area (Å²) in [5.41, 5.74) is 0.716. The predicted molar refractivity (Wildman–Crippen MR) is 112 cm³/mol. The van der Waals surface area contributed by atoms with E-state index in [0.29, 0.717) is 5.56 Å². The van der Waals surface area contributed by atoms with E-state index in [0.717, 1.165) is 0 Å². The van der Waals surface area contributed by atoms with E-state index < -0.39 is 42.5 Å². The van der Waals surface area contributed by atoms with Crippen LogP contribution in [-0.4, -0.2) is 74.5 Å². The Balaban J connectivity index is 1.66. The standard InChI is InChI=1S/C23H24O10/c1-28-13-9-12-15(19(30-3)18(13)29-2)20-21(33-23(12)27)17(25)16(24)14(32-20)10-31-22(26)11-7-5-4-6-8-11/h4-9,14,16-17,20-21,24-25H,10H2,1-3H3/t14-,16-,17+,20+,21-/m1/s1. The molecule has 2 aromatic rings. The lowest BCUT2D eigenvalue weighted by Gasteiger charge is -2.45. The summed E-state index contributed by atoms with van der Waals surface area (Å²) in [7, 11) is 4.21. The molecule has 2 N–H and O–H groups in total. The first kappa shape index (κ1) is 22.8. The molecular formula is C23H24O10. The number of aliphatic hydroxyl groups excluding tert-OH is 2. The molecule has 176 valence electrons. The number of methoxy groups -OCH3 is 3. The molecule has 0 bridgehead atoms. The van der Waals surface area contributed by atoms with Crippen molar-refractivity contribution < 1.29 is 48.2 Å². The molecule has 33 heavy (non-hydrogen) atoms. The van der Waals surface area contributed by atoms with Crippen molar-refractivity contribution in [3.8, 4) is 17.2 Å². The first-order chi connectivity index (χ1) is 15.9. The van der Waals surface area contributed by atoms with Crippen molar-refractivity contribution in [3.63, 3.8) is 0 Å². The van der Waals surface area contributed by atoms with E-state index in [4.69, 9.17) is 28.4 Å². The summed E-state index contributed by atoms with van der Waals surface area (Å²) in [5, 5.41) is 21.3. The molecule has 0 spiro atoms. The molecule has 10 heteroatoms. The third kappa shape index (κ3) is 3.97. The van der Waals surface area contributed by atoms with Crippen molar-refractivity contribution in [2.75, 3.05) is 27.9 Å². The van der Waals surface area contributed by atoms with Crippen molar-refractivity contribution >= 4 is 11.9 Å². The minimum Gasteiger partial charge on any atom is -0.493 e. The zero-order valence-corrected chi connectivity index (χ0v) is 18.2. The van der Waals surface area contributed by atoms with Crippen molar-refractivity contribution in [2.24, 2.45) is 0 Å². The van der Waals surface area contributed by atoms with Gasteiger partial charge in [0, 0.05) is 5.56 Å². The number of rotatable bonds is 6. The first-order valence-corrected chi connectivity index (χ1v) is 10.2. The molecule has 0 aromatic heterocycles. The van der Waals surface area contributed by atoms with Crippen LogP contribution >= 0.6 is 0 Å². The second kappa shape index (κ2) is 9.26. The minimum atomic E-state index is -1.50. The second-order valence-electron chi connectivity index (χ2n) is 7.52. The summed E-state index contributed by atoms with van der Waals surface area (Å²) in [6, 6.07) is 9.76. The van der Waals surface area contributed by atoms with Gasteiger partial charge in [-0.05, 0) is 18.2 Å².